The summed E-state index contributed by atoms with van der Waals surface area (Å²) >= 11 is 6.15. The Morgan fingerprint density at radius 2 is 2.05 bits per heavy atom. The van der Waals surface area contributed by atoms with Crippen molar-refractivity contribution in [2.24, 2.45) is 0 Å². The van der Waals surface area contributed by atoms with E-state index < -0.39 is 0 Å². The number of halogens is 1. The highest BCUT2D eigenvalue weighted by molar-refractivity contribution is 6.33. The summed E-state index contributed by atoms with van der Waals surface area (Å²) in [6, 6.07) is 9.40. The molecule has 0 aliphatic carbocycles. The standard InChI is InChI=1S/C15H15ClN4O2/c1-9(17-2)7-14-18-15(22-20-14)12-8-13(21-19-12)10-5-3-4-6-11(10)16/h3-6,8-9,17H,7H2,1-2H3. The summed E-state index contributed by atoms with van der Waals surface area (Å²) < 4.78 is 10.6. The van der Waals surface area contributed by atoms with Gasteiger partial charge in [0.15, 0.2) is 17.3 Å². The van der Waals surface area contributed by atoms with Crippen LogP contribution in [0.3, 0.4) is 0 Å². The zero-order valence-electron chi connectivity index (χ0n) is 12.2. The third-order valence-electron chi connectivity index (χ3n) is 3.32. The Kier molecular flexibility index (Phi) is 4.22. The first kappa shape index (κ1) is 14.7. The second kappa shape index (κ2) is 6.29. The van der Waals surface area contributed by atoms with Gasteiger partial charge >= 0.3 is 0 Å². The molecule has 6 nitrogen and oxygen atoms in total. The highest BCUT2D eigenvalue weighted by Crippen LogP contribution is 2.30. The quantitative estimate of drug-likeness (QED) is 0.778. The molecule has 1 aromatic carbocycles. The van der Waals surface area contributed by atoms with Crippen LogP contribution in [0.1, 0.15) is 12.7 Å². The lowest BCUT2D eigenvalue weighted by Gasteiger charge is -2.04. The smallest absolute Gasteiger partial charge is 0.280 e. The van der Waals surface area contributed by atoms with Crippen LogP contribution in [0.25, 0.3) is 22.9 Å². The van der Waals surface area contributed by atoms with Gasteiger partial charge in [-0.25, -0.2) is 0 Å². The third kappa shape index (κ3) is 3.03. The Labute approximate surface area is 132 Å². The van der Waals surface area contributed by atoms with Gasteiger partial charge in [0.2, 0.25) is 0 Å². The second-order valence-electron chi connectivity index (χ2n) is 4.97. The molecule has 2 aromatic heterocycles. The molecule has 0 radical (unpaired) electrons. The summed E-state index contributed by atoms with van der Waals surface area (Å²) in [4.78, 5) is 4.32. The van der Waals surface area contributed by atoms with Crippen molar-refractivity contribution in [3.8, 4) is 22.9 Å². The van der Waals surface area contributed by atoms with Crippen LogP contribution in [0.4, 0.5) is 0 Å². The SMILES string of the molecule is CNC(C)Cc1noc(-c2cc(-c3ccccc3Cl)on2)n1. The van der Waals surface area contributed by atoms with Crippen molar-refractivity contribution in [1.82, 2.24) is 20.6 Å². The Hall–Kier alpha value is -2.18. The van der Waals surface area contributed by atoms with Crippen LogP contribution in [0.5, 0.6) is 0 Å². The molecular formula is C15H15ClN4O2. The van der Waals surface area contributed by atoms with Crippen LogP contribution >= 0.6 is 11.6 Å². The molecule has 0 bridgehead atoms. The number of aromatic nitrogens is 3. The summed E-state index contributed by atoms with van der Waals surface area (Å²) in [6.45, 7) is 2.04. The van der Waals surface area contributed by atoms with E-state index in [0.717, 1.165) is 5.56 Å². The highest BCUT2D eigenvalue weighted by atomic mass is 35.5. The first-order valence-corrected chi connectivity index (χ1v) is 7.27. The molecule has 3 aromatic rings. The van der Waals surface area contributed by atoms with E-state index in [1.807, 2.05) is 32.2 Å². The van der Waals surface area contributed by atoms with Gasteiger partial charge in [0.25, 0.3) is 5.89 Å². The van der Waals surface area contributed by atoms with Gasteiger partial charge in [-0.3, -0.25) is 0 Å². The van der Waals surface area contributed by atoms with Crippen LogP contribution in [-0.2, 0) is 6.42 Å². The monoisotopic (exact) mass is 318 g/mol. The van der Waals surface area contributed by atoms with E-state index in [1.54, 1.807) is 12.1 Å². The van der Waals surface area contributed by atoms with E-state index in [1.165, 1.54) is 0 Å². The lowest BCUT2D eigenvalue weighted by molar-refractivity contribution is 0.404. The van der Waals surface area contributed by atoms with Gasteiger partial charge in [-0.2, -0.15) is 4.98 Å². The van der Waals surface area contributed by atoms with Gasteiger partial charge in [-0.05, 0) is 26.1 Å². The van der Waals surface area contributed by atoms with Gasteiger partial charge in [-0.1, -0.05) is 34.0 Å². The first-order valence-electron chi connectivity index (χ1n) is 6.89. The molecule has 1 N–H and O–H groups in total. The molecule has 1 atom stereocenters. The van der Waals surface area contributed by atoms with Crippen molar-refractivity contribution < 1.29 is 9.05 Å². The first-order chi connectivity index (χ1) is 10.7. The summed E-state index contributed by atoms with van der Waals surface area (Å²) in [5.74, 6) is 1.52. The van der Waals surface area contributed by atoms with Crippen molar-refractivity contribution in [3.05, 3.63) is 41.2 Å². The topological polar surface area (TPSA) is 77.0 Å². The third-order valence-corrected chi connectivity index (χ3v) is 3.65. The number of hydrogen-bond acceptors (Lipinski definition) is 6. The molecular weight excluding hydrogens is 304 g/mol. The zero-order chi connectivity index (χ0) is 15.5. The van der Waals surface area contributed by atoms with E-state index in [2.05, 4.69) is 20.6 Å². The number of benzene rings is 1. The van der Waals surface area contributed by atoms with Crippen molar-refractivity contribution >= 4 is 11.6 Å². The van der Waals surface area contributed by atoms with Gasteiger partial charge in [0.05, 0.1) is 5.02 Å². The molecule has 0 aliphatic rings. The van der Waals surface area contributed by atoms with Crippen LogP contribution in [-0.4, -0.2) is 28.4 Å². The number of likely N-dealkylation sites (N-methyl/N-ethyl adjacent to an activating group) is 1. The lowest BCUT2D eigenvalue weighted by Crippen LogP contribution is -2.24. The summed E-state index contributed by atoms with van der Waals surface area (Å²) in [7, 11) is 1.89. The molecule has 0 saturated carbocycles. The summed E-state index contributed by atoms with van der Waals surface area (Å²) in [5.41, 5.74) is 1.26. The summed E-state index contributed by atoms with van der Waals surface area (Å²) in [6.07, 6.45) is 0.676. The molecule has 7 heteroatoms. The largest absolute Gasteiger partial charge is 0.355 e. The fourth-order valence-corrected chi connectivity index (χ4v) is 2.21. The van der Waals surface area contributed by atoms with Gasteiger partial charge in [-0.15, -0.1) is 0 Å². The van der Waals surface area contributed by atoms with Crippen LogP contribution in [0.15, 0.2) is 39.4 Å². The Balaban J connectivity index is 1.84. The van der Waals surface area contributed by atoms with Gasteiger partial charge < -0.3 is 14.4 Å². The molecule has 1 unspecified atom stereocenters. The number of nitrogens with one attached hydrogen (secondary N) is 1. The average molecular weight is 319 g/mol. The molecule has 0 aliphatic heterocycles. The number of nitrogens with zero attached hydrogens (tertiary/aromatic N) is 3. The molecule has 2 heterocycles. The molecule has 0 amide bonds. The van der Waals surface area contributed by atoms with Crippen LogP contribution < -0.4 is 5.32 Å². The van der Waals surface area contributed by atoms with Crippen molar-refractivity contribution in [2.45, 2.75) is 19.4 Å². The predicted molar refractivity (Wildman–Crippen MR) is 82.5 cm³/mol. The van der Waals surface area contributed by atoms with Crippen molar-refractivity contribution in [2.75, 3.05) is 7.05 Å². The molecule has 22 heavy (non-hydrogen) atoms. The minimum Gasteiger partial charge on any atom is -0.355 e. The second-order valence-corrected chi connectivity index (χ2v) is 5.37. The predicted octanol–water partition coefficient (Wildman–Crippen LogP) is 3.20. The number of hydrogen-bond donors (Lipinski definition) is 1. The summed E-state index contributed by atoms with van der Waals surface area (Å²) in [5, 5.41) is 11.6. The van der Waals surface area contributed by atoms with E-state index in [9.17, 15) is 0 Å². The maximum absolute atomic E-state index is 6.15. The highest BCUT2D eigenvalue weighted by Gasteiger charge is 2.17. The van der Waals surface area contributed by atoms with E-state index in [-0.39, 0.29) is 6.04 Å². The Bertz CT molecular complexity index is 768. The van der Waals surface area contributed by atoms with Crippen molar-refractivity contribution in [3.63, 3.8) is 0 Å². The zero-order valence-corrected chi connectivity index (χ0v) is 13.0. The normalized spacial score (nSPS) is 12.5. The molecule has 0 spiro atoms. The van der Waals surface area contributed by atoms with E-state index >= 15 is 0 Å². The molecule has 3 rings (SSSR count). The van der Waals surface area contributed by atoms with Crippen molar-refractivity contribution in [1.29, 1.82) is 0 Å². The lowest BCUT2D eigenvalue weighted by atomic mass is 10.1. The maximum Gasteiger partial charge on any atom is 0.280 e. The van der Waals surface area contributed by atoms with E-state index in [0.29, 0.717) is 34.6 Å². The minimum atomic E-state index is 0.265. The average Bonchev–Trinajstić information content (AvgIpc) is 3.16. The maximum atomic E-state index is 6.15. The molecule has 114 valence electrons. The van der Waals surface area contributed by atoms with Crippen LogP contribution in [0, 0.1) is 0 Å². The molecule has 0 saturated heterocycles. The Morgan fingerprint density at radius 1 is 1.23 bits per heavy atom. The minimum absolute atomic E-state index is 0.265. The van der Waals surface area contributed by atoms with E-state index in [4.69, 9.17) is 20.6 Å². The number of rotatable bonds is 5. The fourth-order valence-electron chi connectivity index (χ4n) is 1.98. The Morgan fingerprint density at radius 3 is 2.82 bits per heavy atom. The molecule has 0 fully saturated rings. The van der Waals surface area contributed by atoms with Gasteiger partial charge in [0, 0.05) is 24.1 Å². The van der Waals surface area contributed by atoms with Crippen LogP contribution in [0.2, 0.25) is 5.02 Å². The van der Waals surface area contributed by atoms with Gasteiger partial charge in [0.1, 0.15) is 0 Å². The fraction of sp³-hybridized carbons (Fsp3) is 0.267.